The van der Waals surface area contributed by atoms with Crippen LogP contribution in [-0.4, -0.2) is 23.3 Å². The molecule has 138 valence electrons. The molecule has 10 heteroatoms. The molecule has 0 aliphatic carbocycles. The SMILES string of the molecule is Cc1cccc(NS(=O)(=O)c2ccc([N+](=O)[O-])cc2)c1Nc1ncccn1. The summed E-state index contributed by atoms with van der Waals surface area (Å²) in [5.41, 5.74) is 1.41. The molecule has 2 N–H and O–H groups in total. The molecule has 3 aromatic rings. The number of hydrogen-bond donors (Lipinski definition) is 2. The van der Waals surface area contributed by atoms with E-state index >= 15 is 0 Å². The molecule has 2 aromatic carbocycles. The summed E-state index contributed by atoms with van der Waals surface area (Å²) in [5.74, 6) is 0.322. The number of hydrogen-bond acceptors (Lipinski definition) is 7. The van der Waals surface area contributed by atoms with Gasteiger partial charge in [0.25, 0.3) is 15.7 Å². The minimum absolute atomic E-state index is 0.0866. The standard InChI is InChI=1S/C17H15N5O4S/c1-12-4-2-5-15(16(12)20-17-18-10-3-11-19-17)21-27(25,26)14-8-6-13(7-9-14)22(23)24/h2-11,21H,1H3,(H,18,19,20). The fourth-order valence-electron chi connectivity index (χ4n) is 2.34. The van der Waals surface area contributed by atoms with Gasteiger partial charge in [0.15, 0.2) is 0 Å². The van der Waals surface area contributed by atoms with Crippen LogP contribution in [0.3, 0.4) is 0 Å². The van der Waals surface area contributed by atoms with Crippen molar-refractivity contribution in [3.63, 3.8) is 0 Å². The van der Waals surface area contributed by atoms with Crippen LogP contribution in [0.4, 0.5) is 23.0 Å². The number of sulfonamides is 1. The molecule has 3 rings (SSSR count). The second-order valence-electron chi connectivity index (χ2n) is 5.55. The van der Waals surface area contributed by atoms with Crippen molar-refractivity contribution in [3.8, 4) is 0 Å². The number of aromatic nitrogens is 2. The molecule has 0 fully saturated rings. The molecule has 0 aliphatic rings. The van der Waals surface area contributed by atoms with Crippen LogP contribution < -0.4 is 10.0 Å². The molecule has 0 aliphatic heterocycles. The van der Waals surface area contributed by atoms with Gasteiger partial charge in [-0.1, -0.05) is 12.1 Å². The van der Waals surface area contributed by atoms with E-state index in [2.05, 4.69) is 20.0 Å². The number of nitrogens with one attached hydrogen (secondary N) is 2. The molecule has 9 nitrogen and oxygen atoms in total. The first kappa shape index (κ1) is 18.3. The highest BCUT2D eigenvalue weighted by Crippen LogP contribution is 2.30. The fraction of sp³-hybridized carbons (Fsp3) is 0.0588. The van der Waals surface area contributed by atoms with Gasteiger partial charge in [-0.05, 0) is 36.8 Å². The zero-order valence-corrected chi connectivity index (χ0v) is 15.0. The summed E-state index contributed by atoms with van der Waals surface area (Å²) < 4.78 is 27.8. The van der Waals surface area contributed by atoms with E-state index in [0.29, 0.717) is 17.3 Å². The largest absolute Gasteiger partial charge is 0.322 e. The predicted molar refractivity (Wildman–Crippen MR) is 100 cm³/mol. The van der Waals surface area contributed by atoms with E-state index in [4.69, 9.17) is 0 Å². The van der Waals surface area contributed by atoms with Gasteiger partial charge in [0.2, 0.25) is 5.95 Å². The number of para-hydroxylation sites is 1. The minimum atomic E-state index is -3.94. The van der Waals surface area contributed by atoms with E-state index in [1.165, 1.54) is 12.1 Å². The van der Waals surface area contributed by atoms with E-state index in [1.54, 1.807) is 30.6 Å². The van der Waals surface area contributed by atoms with Gasteiger partial charge in [-0.25, -0.2) is 18.4 Å². The Morgan fingerprint density at radius 3 is 2.30 bits per heavy atom. The van der Waals surface area contributed by atoms with E-state index in [1.807, 2.05) is 13.0 Å². The first-order chi connectivity index (χ1) is 12.9. The molecular formula is C17H15N5O4S. The summed E-state index contributed by atoms with van der Waals surface area (Å²) >= 11 is 0. The summed E-state index contributed by atoms with van der Waals surface area (Å²) in [5, 5.41) is 13.7. The Balaban J connectivity index is 1.92. The molecular weight excluding hydrogens is 370 g/mol. The molecule has 1 heterocycles. The third-order valence-corrected chi connectivity index (χ3v) is 5.06. The van der Waals surface area contributed by atoms with Crippen LogP contribution in [0.25, 0.3) is 0 Å². The first-order valence-corrected chi connectivity index (χ1v) is 9.26. The van der Waals surface area contributed by atoms with Gasteiger partial charge in [-0.15, -0.1) is 0 Å². The Morgan fingerprint density at radius 1 is 1.00 bits per heavy atom. The van der Waals surface area contributed by atoms with Crippen molar-refractivity contribution in [1.29, 1.82) is 0 Å². The molecule has 0 saturated carbocycles. The third-order valence-electron chi connectivity index (χ3n) is 3.68. The summed E-state index contributed by atoms with van der Waals surface area (Å²) in [4.78, 5) is 18.2. The zero-order valence-electron chi connectivity index (χ0n) is 14.2. The van der Waals surface area contributed by atoms with Crippen molar-refractivity contribution in [2.75, 3.05) is 10.0 Å². The fourth-order valence-corrected chi connectivity index (χ4v) is 3.42. The molecule has 0 radical (unpaired) electrons. The number of rotatable bonds is 6. The minimum Gasteiger partial charge on any atom is -0.322 e. The van der Waals surface area contributed by atoms with Gasteiger partial charge in [0.05, 0.1) is 21.2 Å². The number of anilines is 3. The molecule has 0 spiro atoms. The van der Waals surface area contributed by atoms with Crippen LogP contribution >= 0.6 is 0 Å². The van der Waals surface area contributed by atoms with Crippen LogP contribution in [0.2, 0.25) is 0 Å². The summed E-state index contributed by atoms with van der Waals surface area (Å²) in [6.07, 6.45) is 3.13. The zero-order chi connectivity index (χ0) is 19.4. The van der Waals surface area contributed by atoms with Crippen molar-refractivity contribution < 1.29 is 13.3 Å². The van der Waals surface area contributed by atoms with Crippen LogP contribution in [0.15, 0.2) is 65.8 Å². The lowest BCUT2D eigenvalue weighted by molar-refractivity contribution is -0.384. The van der Waals surface area contributed by atoms with Crippen molar-refractivity contribution in [1.82, 2.24) is 9.97 Å². The smallest absolute Gasteiger partial charge is 0.269 e. The van der Waals surface area contributed by atoms with Gasteiger partial charge in [-0.3, -0.25) is 14.8 Å². The number of non-ortho nitro benzene ring substituents is 1. The maximum absolute atomic E-state index is 12.7. The second kappa shape index (κ2) is 7.38. The van der Waals surface area contributed by atoms with Crippen LogP contribution in [-0.2, 0) is 10.0 Å². The Bertz CT molecular complexity index is 1070. The maximum Gasteiger partial charge on any atom is 0.269 e. The Morgan fingerprint density at radius 2 is 1.67 bits per heavy atom. The number of aryl methyl sites for hydroxylation is 1. The first-order valence-electron chi connectivity index (χ1n) is 7.78. The number of nitro groups is 1. The normalized spacial score (nSPS) is 11.0. The van der Waals surface area contributed by atoms with Gasteiger partial charge >= 0.3 is 0 Å². The third kappa shape index (κ3) is 4.18. The van der Waals surface area contributed by atoms with Gasteiger partial charge < -0.3 is 5.32 Å². The monoisotopic (exact) mass is 385 g/mol. The molecule has 1 aromatic heterocycles. The number of nitrogens with zero attached hydrogens (tertiary/aromatic N) is 3. The molecule has 0 bridgehead atoms. The van der Waals surface area contributed by atoms with E-state index in [9.17, 15) is 18.5 Å². The Labute approximate surface area is 155 Å². The lowest BCUT2D eigenvalue weighted by Gasteiger charge is -2.15. The summed E-state index contributed by atoms with van der Waals surface area (Å²) in [6, 6.07) is 11.4. The summed E-state index contributed by atoms with van der Waals surface area (Å²) in [7, 11) is -3.94. The van der Waals surface area contributed by atoms with Gasteiger partial charge in [-0.2, -0.15) is 0 Å². The highest BCUT2D eigenvalue weighted by molar-refractivity contribution is 7.92. The van der Waals surface area contributed by atoms with Crippen molar-refractivity contribution in [2.45, 2.75) is 11.8 Å². The van der Waals surface area contributed by atoms with E-state index in [0.717, 1.165) is 17.7 Å². The molecule has 0 unspecified atom stereocenters. The lowest BCUT2D eigenvalue weighted by Crippen LogP contribution is -2.14. The molecule has 0 atom stereocenters. The topological polar surface area (TPSA) is 127 Å². The van der Waals surface area contributed by atoms with Gasteiger partial charge in [0.1, 0.15) is 0 Å². The highest BCUT2D eigenvalue weighted by atomic mass is 32.2. The Kier molecular flexibility index (Phi) is 4.99. The van der Waals surface area contributed by atoms with Crippen molar-refractivity contribution >= 4 is 33.0 Å². The molecule has 27 heavy (non-hydrogen) atoms. The second-order valence-corrected chi connectivity index (χ2v) is 7.23. The average Bonchev–Trinajstić information content (AvgIpc) is 2.65. The quantitative estimate of drug-likeness (QED) is 0.492. The van der Waals surface area contributed by atoms with Crippen molar-refractivity contribution in [2.24, 2.45) is 0 Å². The van der Waals surface area contributed by atoms with Crippen LogP contribution in [0, 0.1) is 17.0 Å². The lowest BCUT2D eigenvalue weighted by atomic mass is 10.2. The van der Waals surface area contributed by atoms with Crippen LogP contribution in [0.5, 0.6) is 0 Å². The molecule has 0 amide bonds. The average molecular weight is 385 g/mol. The molecule has 0 saturated heterocycles. The van der Waals surface area contributed by atoms with E-state index in [-0.39, 0.29) is 10.6 Å². The summed E-state index contributed by atoms with van der Waals surface area (Å²) in [6.45, 7) is 1.81. The van der Waals surface area contributed by atoms with Crippen molar-refractivity contribution in [3.05, 3.63) is 76.6 Å². The van der Waals surface area contributed by atoms with E-state index < -0.39 is 14.9 Å². The Hall–Kier alpha value is -3.53. The number of benzene rings is 2. The predicted octanol–water partition coefficient (Wildman–Crippen LogP) is 3.24. The number of nitro benzene ring substituents is 1. The maximum atomic E-state index is 12.7. The highest BCUT2D eigenvalue weighted by Gasteiger charge is 2.18. The van der Waals surface area contributed by atoms with Crippen LogP contribution in [0.1, 0.15) is 5.56 Å². The van der Waals surface area contributed by atoms with Gasteiger partial charge in [0, 0.05) is 24.5 Å².